The molecule has 164 valence electrons. The summed E-state index contributed by atoms with van der Waals surface area (Å²) in [6.07, 6.45) is 5.13. The highest BCUT2D eigenvalue weighted by Crippen LogP contribution is 2.33. The Morgan fingerprint density at radius 1 is 1.00 bits per heavy atom. The number of esters is 1. The highest BCUT2D eigenvalue weighted by Gasteiger charge is 2.25. The van der Waals surface area contributed by atoms with E-state index < -0.39 is 0 Å². The fourth-order valence-electron chi connectivity index (χ4n) is 4.30. The summed E-state index contributed by atoms with van der Waals surface area (Å²) in [6.45, 7) is 4.37. The van der Waals surface area contributed by atoms with Crippen LogP contribution in [-0.2, 0) is 22.5 Å². The van der Waals surface area contributed by atoms with Crippen molar-refractivity contribution < 1.29 is 19.1 Å². The van der Waals surface area contributed by atoms with Crippen LogP contribution in [-0.4, -0.2) is 50.1 Å². The van der Waals surface area contributed by atoms with Gasteiger partial charge in [0.2, 0.25) is 5.91 Å². The standard InChI is InChI=1S/C25H30N2O4/c1-30-25(29)21-7-5-19(6-8-21)18-27-23-17-22(11-9-20(23)10-12-24(27)28)31-16-15-26-13-3-2-4-14-26/h5-9,11,17H,2-4,10,12-16,18H2,1H3. The van der Waals surface area contributed by atoms with Crippen LogP contribution in [0.1, 0.15) is 47.2 Å². The Bertz CT molecular complexity index is 920. The lowest BCUT2D eigenvalue weighted by Crippen LogP contribution is -2.34. The first-order valence-electron chi connectivity index (χ1n) is 11.1. The predicted molar refractivity (Wildman–Crippen MR) is 120 cm³/mol. The minimum absolute atomic E-state index is 0.106. The Morgan fingerprint density at radius 3 is 2.52 bits per heavy atom. The summed E-state index contributed by atoms with van der Waals surface area (Å²) < 4.78 is 10.8. The normalized spacial score (nSPS) is 16.7. The van der Waals surface area contributed by atoms with Gasteiger partial charge in [0, 0.05) is 19.0 Å². The third kappa shape index (κ3) is 5.25. The Kier molecular flexibility index (Phi) is 6.87. The number of fused-ring (bicyclic) bond motifs is 1. The summed E-state index contributed by atoms with van der Waals surface area (Å²) in [5, 5.41) is 0. The highest BCUT2D eigenvalue weighted by atomic mass is 16.5. The second kappa shape index (κ2) is 9.96. The molecule has 0 bridgehead atoms. The van der Waals surface area contributed by atoms with Crippen molar-refractivity contribution in [1.29, 1.82) is 0 Å². The van der Waals surface area contributed by atoms with E-state index >= 15 is 0 Å². The van der Waals surface area contributed by atoms with Gasteiger partial charge in [-0.15, -0.1) is 0 Å². The molecule has 0 N–H and O–H groups in total. The molecule has 0 aliphatic carbocycles. The number of methoxy groups -OCH3 is 1. The predicted octanol–water partition coefficient (Wildman–Crippen LogP) is 3.82. The molecule has 1 amide bonds. The van der Waals surface area contributed by atoms with Crippen LogP contribution in [0.3, 0.4) is 0 Å². The quantitative estimate of drug-likeness (QED) is 0.635. The van der Waals surface area contributed by atoms with Crippen LogP contribution < -0.4 is 9.64 Å². The lowest BCUT2D eigenvalue weighted by Gasteiger charge is -2.30. The van der Waals surface area contributed by atoms with Gasteiger partial charge in [-0.05, 0) is 61.7 Å². The molecule has 31 heavy (non-hydrogen) atoms. The monoisotopic (exact) mass is 422 g/mol. The number of carbonyl (C=O) groups is 2. The van der Waals surface area contributed by atoms with Crippen molar-refractivity contribution in [2.24, 2.45) is 0 Å². The van der Waals surface area contributed by atoms with Gasteiger partial charge in [-0.2, -0.15) is 0 Å². The van der Waals surface area contributed by atoms with Gasteiger partial charge in [-0.25, -0.2) is 4.79 Å². The number of hydrogen-bond donors (Lipinski definition) is 0. The van der Waals surface area contributed by atoms with Gasteiger partial charge in [0.25, 0.3) is 0 Å². The average molecular weight is 423 g/mol. The summed E-state index contributed by atoms with van der Waals surface area (Å²) in [6, 6.07) is 13.3. The van der Waals surface area contributed by atoms with Gasteiger partial charge >= 0.3 is 5.97 Å². The van der Waals surface area contributed by atoms with E-state index in [4.69, 9.17) is 9.47 Å². The molecule has 1 fully saturated rings. The highest BCUT2D eigenvalue weighted by molar-refractivity contribution is 5.96. The summed E-state index contributed by atoms with van der Waals surface area (Å²) in [5.74, 6) is 0.545. The number of piperidine rings is 1. The largest absolute Gasteiger partial charge is 0.492 e. The van der Waals surface area contributed by atoms with E-state index in [1.807, 2.05) is 29.2 Å². The molecule has 0 aromatic heterocycles. The Hall–Kier alpha value is -2.86. The van der Waals surface area contributed by atoms with Crippen molar-refractivity contribution in [3.8, 4) is 5.75 Å². The van der Waals surface area contributed by atoms with Crippen LogP contribution in [0.4, 0.5) is 5.69 Å². The van der Waals surface area contributed by atoms with E-state index in [0.717, 1.165) is 48.6 Å². The molecule has 2 aliphatic rings. The molecule has 0 saturated carbocycles. The number of benzene rings is 2. The van der Waals surface area contributed by atoms with Crippen LogP contribution in [0.5, 0.6) is 5.75 Å². The Labute approximate surface area is 183 Å². The molecule has 0 radical (unpaired) electrons. The molecule has 1 saturated heterocycles. The number of likely N-dealkylation sites (tertiary alicyclic amines) is 1. The van der Waals surface area contributed by atoms with Crippen molar-refractivity contribution in [1.82, 2.24) is 4.90 Å². The maximum atomic E-state index is 12.7. The average Bonchev–Trinajstić information content (AvgIpc) is 2.81. The van der Waals surface area contributed by atoms with Crippen molar-refractivity contribution >= 4 is 17.6 Å². The minimum Gasteiger partial charge on any atom is -0.492 e. The Balaban J connectivity index is 1.44. The molecule has 2 aliphatic heterocycles. The first kappa shape index (κ1) is 21.4. The van der Waals surface area contributed by atoms with Gasteiger partial charge < -0.3 is 14.4 Å². The van der Waals surface area contributed by atoms with Gasteiger partial charge in [-0.1, -0.05) is 24.6 Å². The summed E-state index contributed by atoms with van der Waals surface area (Å²) in [5.41, 5.74) is 3.55. The lowest BCUT2D eigenvalue weighted by atomic mass is 10.00. The van der Waals surface area contributed by atoms with E-state index in [1.165, 1.54) is 26.4 Å². The second-order valence-corrected chi connectivity index (χ2v) is 8.21. The summed E-state index contributed by atoms with van der Waals surface area (Å²) in [4.78, 5) is 28.6. The third-order valence-electron chi connectivity index (χ3n) is 6.10. The number of aryl methyl sites for hydroxylation is 1. The fourth-order valence-corrected chi connectivity index (χ4v) is 4.30. The smallest absolute Gasteiger partial charge is 0.337 e. The maximum absolute atomic E-state index is 12.7. The van der Waals surface area contributed by atoms with E-state index in [0.29, 0.717) is 25.1 Å². The molecule has 4 rings (SSSR count). The topological polar surface area (TPSA) is 59.1 Å². The van der Waals surface area contributed by atoms with Crippen molar-refractivity contribution in [3.63, 3.8) is 0 Å². The Morgan fingerprint density at radius 2 is 1.77 bits per heavy atom. The molecular formula is C25H30N2O4. The number of anilines is 1. The van der Waals surface area contributed by atoms with Gasteiger partial charge in [-0.3, -0.25) is 9.69 Å². The van der Waals surface area contributed by atoms with Crippen LogP contribution in [0, 0.1) is 0 Å². The number of rotatable bonds is 7. The molecule has 2 heterocycles. The van der Waals surface area contributed by atoms with Crippen LogP contribution >= 0.6 is 0 Å². The van der Waals surface area contributed by atoms with Crippen LogP contribution in [0.15, 0.2) is 42.5 Å². The van der Waals surface area contributed by atoms with Gasteiger partial charge in [0.15, 0.2) is 0 Å². The van der Waals surface area contributed by atoms with E-state index in [2.05, 4.69) is 11.0 Å². The zero-order valence-electron chi connectivity index (χ0n) is 18.1. The molecule has 0 atom stereocenters. The summed E-state index contributed by atoms with van der Waals surface area (Å²) >= 11 is 0. The van der Waals surface area contributed by atoms with Crippen LogP contribution in [0.25, 0.3) is 0 Å². The number of carbonyl (C=O) groups excluding carboxylic acids is 2. The second-order valence-electron chi connectivity index (χ2n) is 8.21. The number of amides is 1. The van der Waals surface area contributed by atoms with E-state index in [1.54, 1.807) is 12.1 Å². The van der Waals surface area contributed by atoms with Crippen LogP contribution in [0.2, 0.25) is 0 Å². The molecule has 6 nitrogen and oxygen atoms in total. The maximum Gasteiger partial charge on any atom is 0.337 e. The zero-order valence-corrected chi connectivity index (χ0v) is 18.1. The van der Waals surface area contributed by atoms with E-state index in [9.17, 15) is 9.59 Å². The van der Waals surface area contributed by atoms with Crippen molar-refractivity contribution in [3.05, 3.63) is 59.2 Å². The number of hydrogen-bond acceptors (Lipinski definition) is 5. The van der Waals surface area contributed by atoms with Crippen molar-refractivity contribution in [2.45, 2.75) is 38.6 Å². The van der Waals surface area contributed by atoms with Gasteiger partial charge in [0.05, 0.1) is 24.9 Å². The van der Waals surface area contributed by atoms with Gasteiger partial charge in [0.1, 0.15) is 12.4 Å². The van der Waals surface area contributed by atoms with E-state index in [-0.39, 0.29) is 11.9 Å². The number of ether oxygens (including phenoxy) is 2. The molecule has 6 heteroatoms. The molecule has 2 aromatic carbocycles. The fraction of sp³-hybridized carbons (Fsp3) is 0.440. The zero-order chi connectivity index (χ0) is 21.6. The first-order chi connectivity index (χ1) is 15.1. The molecular weight excluding hydrogens is 392 g/mol. The first-order valence-corrected chi connectivity index (χ1v) is 11.1. The molecule has 0 spiro atoms. The SMILES string of the molecule is COC(=O)c1ccc(CN2C(=O)CCc3ccc(OCCN4CCCCC4)cc32)cc1. The molecule has 2 aromatic rings. The summed E-state index contributed by atoms with van der Waals surface area (Å²) in [7, 11) is 1.37. The molecule has 0 unspecified atom stereocenters. The number of nitrogens with zero attached hydrogens (tertiary/aromatic N) is 2. The lowest BCUT2D eigenvalue weighted by molar-refractivity contribution is -0.119. The minimum atomic E-state index is -0.364. The third-order valence-corrected chi connectivity index (χ3v) is 6.10. The van der Waals surface area contributed by atoms with Crippen molar-refractivity contribution in [2.75, 3.05) is 38.3 Å².